The van der Waals surface area contributed by atoms with Gasteiger partial charge in [-0.25, -0.2) is 0 Å². The summed E-state index contributed by atoms with van der Waals surface area (Å²) in [5.41, 5.74) is 2.25. The standard InChI is InChI=1S/C20H19NO2/c22-18(8-6-15-3-2-12-21-14-15)9-7-16-4-1-5-17-13-19(23)10-11-20(16)17/h1-5,10-14,23H,6-9H2. The van der Waals surface area contributed by atoms with Crippen LogP contribution in [0.25, 0.3) is 10.8 Å². The van der Waals surface area contributed by atoms with Crippen LogP contribution in [0, 0.1) is 0 Å². The van der Waals surface area contributed by atoms with Crippen molar-refractivity contribution in [3.05, 3.63) is 72.1 Å². The van der Waals surface area contributed by atoms with Crippen LogP contribution in [-0.2, 0) is 17.6 Å². The molecule has 0 atom stereocenters. The van der Waals surface area contributed by atoms with Crippen LogP contribution in [0.4, 0.5) is 0 Å². The highest BCUT2D eigenvalue weighted by atomic mass is 16.3. The molecule has 0 bridgehead atoms. The Kier molecular flexibility index (Phi) is 4.67. The number of aromatic hydroxyl groups is 1. The zero-order valence-electron chi connectivity index (χ0n) is 12.9. The highest BCUT2D eigenvalue weighted by Gasteiger charge is 2.06. The molecule has 0 amide bonds. The van der Waals surface area contributed by atoms with Gasteiger partial charge in [0.1, 0.15) is 11.5 Å². The van der Waals surface area contributed by atoms with E-state index < -0.39 is 0 Å². The van der Waals surface area contributed by atoms with Crippen LogP contribution >= 0.6 is 0 Å². The first-order chi connectivity index (χ1) is 11.2. The van der Waals surface area contributed by atoms with Gasteiger partial charge >= 0.3 is 0 Å². The number of aromatic nitrogens is 1. The van der Waals surface area contributed by atoms with Crippen LogP contribution in [0.3, 0.4) is 0 Å². The molecular weight excluding hydrogens is 286 g/mol. The molecule has 3 nitrogen and oxygen atoms in total. The van der Waals surface area contributed by atoms with E-state index in [0.717, 1.165) is 34.7 Å². The van der Waals surface area contributed by atoms with Gasteiger partial charge in [0, 0.05) is 25.2 Å². The third-order valence-electron chi connectivity index (χ3n) is 4.04. The van der Waals surface area contributed by atoms with E-state index in [9.17, 15) is 9.90 Å². The molecule has 0 aliphatic carbocycles. The summed E-state index contributed by atoms with van der Waals surface area (Å²) in [5.74, 6) is 0.534. The van der Waals surface area contributed by atoms with Gasteiger partial charge in [-0.15, -0.1) is 0 Å². The average Bonchev–Trinajstić information content (AvgIpc) is 2.58. The molecule has 1 aromatic heterocycles. The molecule has 3 aromatic rings. The van der Waals surface area contributed by atoms with Crippen LogP contribution < -0.4 is 0 Å². The highest BCUT2D eigenvalue weighted by molar-refractivity contribution is 5.87. The molecule has 0 radical (unpaired) electrons. The number of Topliss-reactive ketones (excluding diaryl/α,β-unsaturated/α-hetero) is 1. The van der Waals surface area contributed by atoms with E-state index >= 15 is 0 Å². The van der Waals surface area contributed by atoms with Crippen molar-refractivity contribution in [2.75, 3.05) is 0 Å². The Morgan fingerprint density at radius 3 is 2.70 bits per heavy atom. The molecule has 1 heterocycles. The van der Waals surface area contributed by atoms with E-state index in [-0.39, 0.29) is 11.5 Å². The number of benzene rings is 2. The quantitative estimate of drug-likeness (QED) is 0.746. The number of fused-ring (bicyclic) bond motifs is 1. The Hall–Kier alpha value is -2.68. The molecule has 23 heavy (non-hydrogen) atoms. The van der Waals surface area contributed by atoms with Crippen LogP contribution in [0.5, 0.6) is 5.75 Å². The Labute approximate surface area is 135 Å². The van der Waals surface area contributed by atoms with Crippen molar-refractivity contribution >= 4 is 16.6 Å². The molecule has 2 aromatic carbocycles. The maximum absolute atomic E-state index is 12.1. The third-order valence-corrected chi connectivity index (χ3v) is 4.04. The van der Waals surface area contributed by atoms with Gasteiger partial charge in [0.05, 0.1) is 0 Å². The lowest BCUT2D eigenvalue weighted by molar-refractivity contribution is -0.119. The largest absolute Gasteiger partial charge is 0.508 e. The Morgan fingerprint density at radius 1 is 1.00 bits per heavy atom. The summed E-state index contributed by atoms with van der Waals surface area (Å²) in [6, 6.07) is 15.2. The number of rotatable bonds is 6. The fourth-order valence-corrected chi connectivity index (χ4v) is 2.79. The summed E-state index contributed by atoms with van der Waals surface area (Å²) < 4.78 is 0. The first kappa shape index (κ1) is 15.2. The molecule has 0 fully saturated rings. The molecule has 3 heteroatoms. The van der Waals surface area contributed by atoms with Crippen molar-refractivity contribution in [2.45, 2.75) is 25.7 Å². The Bertz CT molecular complexity index is 812. The minimum Gasteiger partial charge on any atom is -0.508 e. The number of pyridine rings is 1. The number of carbonyl (C=O) groups is 1. The van der Waals surface area contributed by atoms with E-state index in [1.165, 1.54) is 0 Å². The zero-order valence-corrected chi connectivity index (χ0v) is 12.9. The van der Waals surface area contributed by atoms with Crippen molar-refractivity contribution in [3.8, 4) is 5.75 Å². The second kappa shape index (κ2) is 7.05. The number of aryl methyl sites for hydroxylation is 2. The van der Waals surface area contributed by atoms with E-state index in [4.69, 9.17) is 0 Å². The lowest BCUT2D eigenvalue weighted by Crippen LogP contribution is -2.02. The summed E-state index contributed by atoms with van der Waals surface area (Å²) in [5, 5.41) is 11.7. The van der Waals surface area contributed by atoms with Gasteiger partial charge in [-0.2, -0.15) is 0 Å². The fourth-order valence-electron chi connectivity index (χ4n) is 2.79. The van der Waals surface area contributed by atoms with Crippen LogP contribution in [0.2, 0.25) is 0 Å². The maximum Gasteiger partial charge on any atom is 0.133 e. The Balaban J connectivity index is 1.61. The van der Waals surface area contributed by atoms with Crippen molar-refractivity contribution in [1.29, 1.82) is 0 Å². The molecule has 0 saturated heterocycles. The van der Waals surface area contributed by atoms with Crippen LogP contribution in [0.1, 0.15) is 24.0 Å². The first-order valence-corrected chi connectivity index (χ1v) is 7.83. The summed E-state index contributed by atoms with van der Waals surface area (Å²) in [4.78, 5) is 16.2. The summed E-state index contributed by atoms with van der Waals surface area (Å²) in [6.45, 7) is 0. The van der Waals surface area contributed by atoms with Gasteiger partial charge < -0.3 is 5.11 Å². The number of hydrogen-bond acceptors (Lipinski definition) is 3. The van der Waals surface area contributed by atoms with Gasteiger partial charge in [-0.05, 0) is 52.9 Å². The average molecular weight is 305 g/mol. The maximum atomic E-state index is 12.1. The van der Waals surface area contributed by atoms with Crippen molar-refractivity contribution in [3.63, 3.8) is 0 Å². The molecule has 116 valence electrons. The number of hydrogen-bond donors (Lipinski definition) is 1. The van der Waals surface area contributed by atoms with Gasteiger partial charge in [0.2, 0.25) is 0 Å². The normalized spacial score (nSPS) is 10.8. The first-order valence-electron chi connectivity index (χ1n) is 7.83. The van der Waals surface area contributed by atoms with Gasteiger partial charge in [0.25, 0.3) is 0 Å². The molecule has 1 N–H and O–H groups in total. The molecule has 0 saturated carbocycles. The van der Waals surface area contributed by atoms with Crippen molar-refractivity contribution < 1.29 is 9.90 Å². The number of phenols is 1. The molecular formula is C20H19NO2. The summed E-state index contributed by atoms with van der Waals surface area (Å²) in [6.07, 6.45) is 6.12. The SMILES string of the molecule is O=C(CCc1cccnc1)CCc1cccc2cc(O)ccc12. The lowest BCUT2D eigenvalue weighted by atomic mass is 9.98. The number of carbonyl (C=O) groups excluding carboxylic acids is 1. The van der Waals surface area contributed by atoms with Crippen LogP contribution in [-0.4, -0.2) is 15.9 Å². The second-order valence-corrected chi connectivity index (χ2v) is 5.72. The minimum absolute atomic E-state index is 0.266. The van der Waals surface area contributed by atoms with Gasteiger partial charge in [0.15, 0.2) is 0 Å². The Morgan fingerprint density at radius 2 is 1.87 bits per heavy atom. The predicted molar refractivity (Wildman–Crippen MR) is 91.5 cm³/mol. The third kappa shape index (κ3) is 3.95. The van der Waals surface area contributed by atoms with E-state index in [2.05, 4.69) is 4.98 Å². The molecule has 0 spiro atoms. The fraction of sp³-hybridized carbons (Fsp3) is 0.200. The predicted octanol–water partition coefficient (Wildman–Crippen LogP) is 4.07. The molecule has 0 aliphatic heterocycles. The summed E-state index contributed by atoms with van der Waals surface area (Å²) in [7, 11) is 0. The lowest BCUT2D eigenvalue weighted by Gasteiger charge is -2.07. The van der Waals surface area contributed by atoms with Crippen LogP contribution in [0.15, 0.2) is 60.9 Å². The van der Waals surface area contributed by atoms with Crippen molar-refractivity contribution in [2.24, 2.45) is 0 Å². The van der Waals surface area contributed by atoms with E-state index in [1.54, 1.807) is 18.3 Å². The number of phenolic OH excluding ortho intramolecular Hbond substituents is 1. The number of nitrogens with zero attached hydrogens (tertiary/aromatic N) is 1. The summed E-state index contributed by atoms with van der Waals surface area (Å²) >= 11 is 0. The molecule has 0 aliphatic rings. The minimum atomic E-state index is 0.266. The molecule has 3 rings (SSSR count). The number of ketones is 1. The van der Waals surface area contributed by atoms with Gasteiger partial charge in [-0.3, -0.25) is 9.78 Å². The monoisotopic (exact) mass is 305 g/mol. The second-order valence-electron chi connectivity index (χ2n) is 5.72. The van der Waals surface area contributed by atoms with Crippen molar-refractivity contribution in [1.82, 2.24) is 4.98 Å². The molecule has 0 unspecified atom stereocenters. The highest BCUT2D eigenvalue weighted by Crippen LogP contribution is 2.24. The van der Waals surface area contributed by atoms with E-state index in [0.29, 0.717) is 12.8 Å². The zero-order chi connectivity index (χ0) is 16.1. The topological polar surface area (TPSA) is 50.2 Å². The van der Waals surface area contributed by atoms with E-state index in [1.807, 2.05) is 42.6 Å². The van der Waals surface area contributed by atoms with Gasteiger partial charge in [-0.1, -0.05) is 30.3 Å². The smallest absolute Gasteiger partial charge is 0.133 e.